The zero-order valence-corrected chi connectivity index (χ0v) is 12.4. The van der Waals surface area contributed by atoms with Crippen LogP contribution in [-0.2, 0) is 11.3 Å². The van der Waals surface area contributed by atoms with Crippen LogP contribution < -0.4 is 11.1 Å². The predicted octanol–water partition coefficient (Wildman–Crippen LogP) is 0.584. The summed E-state index contributed by atoms with van der Waals surface area (Å²) in [6.07, 6.45) is 3.20. The van der Waals surface area contributed by atoms with E-state index in [4.69, 9.17) is 5.73 Å². The van der Waals surface area contributed by atoms with Gasteiger partial charge in [-0.15, -0.1) is 10.2 Å². The molecule has 1 aliphatic rings. The number of hydrogen-bond donors (Lipinski definition) is 2. The van der Waals surface area contributed by atoms with Crippen LogP contribution in [0.15, 0.2) is 30.3 Å². The van der Waals surface area contributed by atoms with Gasteiger partial charge in [-0.3, -0.25) is 4.79 Å². The van der Waals surface area contributed by atoms with Gasteiger partial charge in [0.2, 0.25) is 11.7 Å². The Morgan fingerprint density at radius 3 is 2.91 bits per heavy atom. The third-order valence-electron chi connectivity index (χ3n) is 4.08. The van der Waals surface area contributed by atoms with Gasteiger partial charge < -0.3 is 11.1 Å². The number of aromatic nitrogens is 4. The number of nitrogens with zero attached hydrogens (tertiary/aromatic N) is 4. The molecule has 3 rings (SSSR count). The lowest BCUT2D eigenvalue weighted by atomic mass is 10.0. The molecule has 2 atom stereocenters. The Hall–Kier alpha value is -2.28. The van der Waals surface area contributed by atoms with Gasteiger partial charge in [-0.05, 0) is 30.5 Å². The standard InChI is InChI=1S/C15H20N6O/c16-9-12-7-4-8-13(12)17-14(22)10-21-19-15(18-20-21)11-5-2-1-3-6-11/h1-3,5-6,12-13H,4,7-10,16H2,(H,17,22). The minimum Gasteiger partial charge on any atom is -0.351 e. The van der Waals surface area contributed by atoms with Crippen LogP contribution in [0.25, 0.3) is 11.4 Å². The lowest BCUT2D eigenvalue weighted by Gasteiger charge is -2.19. The van der Waals surface area contributed by atoms with Crippen molar-refractivity contribution in [3.05, 3.63) is 30.3 Å². The van der Waals surface area contributed by atoms with Gasteiger partial charge in [0.15, 0.2) is 0 Å². The Bertz CT molecular complexity index is 626. The van der Waals surface area contributed by atoms with Crippen LogP contribution in [0.1, 0.15) is 19.3 Å². The molecule has 2 aromatic rings. The number of tetrazole rings is 1. The van der Waals surface area contributed by atoms with Crippen LogP contribution >= 0.6 is 0 Å². The Labute approximate surface area is 128 Å². The first kappa shape index (κ1) is 14.6. The molecule has 1 aromatic heterocycles. The summed E-state index contributed by atoms with van der Waals surface area (Å²) < 4.78 is 0. The number of nitrogens with one attached hydrogen (secondary N) is 1. The molecule has 3 N–H and O–H groups in total. The SMILES string of the molecule is NCC1CCCC1NC(=O)Cn1nnc(-c2ccccc2)n1. The summed E-state index contributed by atoms with van der Waals surface area (Å²) in [5.41, 5.74) is 6.61. The first-order valence-electron chi connectivity index (χ1n) is 7.59. The number of carbonyl (C=O) groups is 1. The zero-order chi connectivity index (χ0) is 15.4. The highest BCUT2D eigenvalue weighted by molar-refractivity contribution is 5.76. The quantitative estimate of drug-likeness (QED) is 0.841. The Morgan fingerprint density at radius 2 is 2.14 bits per heavy atom. The molecule has 1 saturated carbocycles. The third-order valence-corrected chi connectivity index (χ3v) is 4.08. The molecule has 0 saturated heterocycles. The molecule has 0 aliphatic heterocycles. The zero-order valence-electron chi connectivity index (χ0n) is 12.4. The maximum Gasteiger partial charge on any atom is 0.243 e. The van der Waals surface area contributed by atoms with E-state index < -0.39 is 0 Å². The highest BCUT2D eigenvalue weighted by Gasteiger charge is 2.27. The second-order valence-electron chi connectivity index (χ2n) is 5.61. The van der Waals surface area contributed by atoms with Crippen molar-refractivity contribution in [2.75, 3.05) is 6.54 Å². The third kappa shape index (κ3) is 3.30. The van der Waals surface area contributed by atoms with E-state index in [2.05, 4.69) is 20.7 Å². The normalized spacial score (nSPS) is 21.0. The monoisotopic (exact) mass is 300 g/mol. The largest absolute Gasteiger partial charge is 0.351 e. The van der Waals surface area contributed by atoms with Crippen LogP contribution in [0.3, 0.4) is 0 Å². The second kappa shape index (κ2) is 6.65. The highest BCUT2D eigenvalue weighted by Crippen LogP contribution is 2.24. The van der Waals surface area contributed by atoms with Crippen LogP contribution in [0, 0.1) is 5.92 Å². The first-order valence-corrected chi connectivity index (χ1v) is 7.59. The van der Waals surface area contributed by atoms with Gasteiger partial charge in [0.05, 0.1) is 0 Å². The van der Waals surface area contributed by atoms with Crippen molar-refractivity contribution >= 4 is 5.91 Å². The molecular weight excluding hydrogens is 280 g/mol. The second-order valence-corrected chi connectivity index (χ2v) is 5.61. The van der Waals surface area contributed by atoms with E-state index in [-0.39, 0.29) is 18.5 Å². The minimum atomic E-state index is -0.0950. The maximum atomic E-state index is 12.1. The number of amides is 1. The first-order chi connectivity index (χ1) is 10.8. The van der Waals surface area contributed by atoms with Crippen LogP contribution in [0.2, 0.25) is 0 Å². The number of nitrogens with two attached hydrogens (primary N) is 1. The number of benzene rings is 1. The average Bonchev–Trinajstić information content (AvgIpc) is 3.17. The fourth-order valence-corrected chi connectivity index (χ4v) is 2.90. The molecule has 2 unspecified atom stereocenters. The summed E-state index contributed by atoms with van der Waals surface area (Å²) in [7, 11) is 0. The summed E-state index contributed by atoms with van der Waals surface area (Å²) in [6, 6.07) is 9.75. The minimum absolute atomic E-state index is 0.0770. The molecule has 0 spiro atoms. The summed E-state index contributed by atoms with van der Waals surface area (Å²) in [5.74, 6) is 0.809. The lowest BCUT2D eigenvalue weighted by Crippen LogP contribution is -2.41. The Kier molecular flexibility index (Phi) is 4.43. The van der Waals surface area contributed by atoms with Crippen molar-refractivity contribution < 1.29 is 4.79 Å². The summed E-state index contributed by atoms with van der Waals surface area (Å²) in [4.78, 5) is 13.4. The van der Waals surface area contributed by atoms with E-state index in [1.165, 1.54) is 4.80 Å². The van der Waals surface area contributed by atoms with E-state index in [0.717, 1.165) is 24.8 Å². The molecule has 1 aromatic carbocycles. The predicted molar refractivity (Wildman–Crippen MR) is 81.6 cm³/mol. The van der Waals surface area contributed by atoms with Crippen molar-refractivity contribution in [2.24, 2.45) is 11.7 Å². The molecule has 0 bridgehead atoms. The van der Waals surface area contributed by atoms with Gasteiger partial charge in [-0.25, -0.2) is 0 Å². The molecular formula is C15H20N6O. The maximum absolute atomic E-state index is 12.1. The van der Waals surface area contributed by atoms with Gasteiger partial charge in [-0.1, -0.05) is 36.8 Å². The number of hydrogen-bond acceptors (Lipinski definition) is 5. The van der Waals surface area contributed by atoms with Gasteiger partial charge in [0.25, 0.3) is 0 Å². The van der Waals surface area contributed by atoms with Crippen molar-refractivity contribution in [3.63, 3.8) is 0 Å². The lowest BCUT2D eigenvalue weighted by molar-refractivity contribution is -0.123. The molecule has 1 amide bonds. The van der Waals surface area contributed by atoms with Crippen LogP contribution in [0.4, 0.5) is 0 Å². The fraction of sp³-hybridized carbons (Fsp3) is 0.467. The van der Waals surface area contributed by atoms with E-state index in [9.17, 15) is 4.79 Å². The van der Waals surface area contributed by atoms with Crippen molar-refractivity contribution in [1.82, 2.24) is 25.5 Å². The van der Waals surface area contributed by atoms with Crippen LogP contribution in [-0.4, -0.2) is 38.7 Å². The van der Waals surface area contributed by atoms with E-state index in [1.807, 2.05) is 30.3 Å². The van der Waals surface area contributed by atoms with E-state index in [0.29, 0.717) is 18.3 Å². The molecule has 116 valence electrons. The number of rotatable bonds is 5. The molecule has 0 radical (unpaired) electrons. The Balaban J connectivity index is 1.59. The van der Waals surface area contributed by atoms with E-state index in [1.54, 1.807) is 0 Å². The van der Waals surface area contributed by atoms with Crippen molar-refractivity contribution in [2.45, 2.75) is 31.8 Å². The summed E-state index contributed by atoms with van der Waals surface area (Å²) in [5, 5.41) is 15.2. The molecule has 1 heterocycles. The van der Waals surface area contributed by atoms with E-state index >= 15 is 0 Å². The Morgan fingerprint density at radius 1 is 1.32 bits per heavy atom. The van der Waals surface area contributed by atoms with Gasteiger partial charge >= 0.3 is 0 Å². The number of carbonyl (C=O) groups excluding carboxylic acids is 1. The molecule has 7 heteroatoms. The molecule has 22 heavy (non-hydrogen) atoms. The van der Waals surface area contributed by atoms with Crippen molar-refractivity contribution in [3.8, 4) is 11.4 Å². The van der Waals surface area contributed by atoms with Crippen molar-refractivity contribution in [1.29, 1.82) is 0 Å². The smallest absolute Gasteiger partial charge is 0.243 e. The fourth-order valence-electron chi connectivity index (χ4n) is 2.90. The van der Waals surface area contributed by atoms with Gasteiger partial charge in [0, 0.05) is 11.6 Å². The van der Waals surface area contributed by atoms with Gasteiger partial charge in [-0.2, -0.15) is 4.80 Å². The van der Waals surface area contributed by atoms with Crippen LogP contribution in [0.5, 0.6) is 0 Å². The average molecular weight is 300 g/mol. The molecule has 1 fully saturated rings. The highest BCUT2D eigenvalue weighted by atomic mass is 16.2. The summed E-state index contributed by atoms with van der Waals surface area (Å²) >= 11 is 0. The topological polar surface area (TPSA) is 98.7 Å². The summed E-state index contributed by atoms with van der Waals surface area (Å²) in [6.45, 7) is 0.693. The molecule has 1 aliphatic carbocycles. The molecule has 7 nitrogen and oxygen atoms in total. The van der Waals surface area contributed by atoms with Gasteiger partial charge in [0.1, 0.15) is 6.54 Å².